The van der Waals surface area contributed by atoms with Crippen LogP contribution in [0.4, 0.5) is 5.69 Å². The minimum absolute atomic E-state index is 0.0544. The number of benzene rings is 2. The monoisotopic (exact) mass is 1060 g/mol. The number of aldehydes is 1. The first-order valence-electron chi connectivity index (χ1n) is 28.6. The summed E-state index contributed by atoms with van der Waals surface area (Å²) >= 11 is 1.80. The zero-order valence-electron chi connectivity index (χ0n) is 49.0. The summed E-state index contributed by atoms with van der Waals surface area (Å²) in [5.41, 5.74) is 11.4. The summed E-state index contributed by atoms with van der Waals surface area (Å²) in [5, 5.41) is 31.0. The van der Waals surface area contributed by atoms with E-state index >= 15 is 0 Å². The number of aliphatic imine (C=N–C) groups is 1. The second-order valence-corrected chi connectivity index (χ2v) is 21.3. The number of aromatic hydroxyl groups is 1. The summed E-state index contributed by atoms with van der Waals surface area (Å²) in [7, 11) is 0. The van der Waals surface area contributed by atoms with Crippen LogP contribution in [0.1, 0.15) is 220 Å². The molecule has 76 heavy (non-hydrogen) atoms. The molecule has 3 atom stereocenters. The van der Waals surface area contributed by atoms with Crippen LogP contribution >= 0.6 is 11.3 Å². The highest BCUT2D eigenvalue weighted by Crippen LogP contribution is 2.31. The molecule has 0 spiro atoms. The van der Waals surface area contributed by atoms with E-state index in [2.05, 4.69) is 92.2 Å². The van der Waals surface area contributed by atoms with E-state index < -0.39 is 0 Å². The fraction of sp³-hybridized carbons (Fsp3) is 0.571. The van der Waals surface area contributed by atoms with Crippen molar-refractivity contribution in [3.05, 3.63) is 104 Å². The van der Waals surface area contributed by atoms with Crippen molar-refractivity contribution in [1.82, 2.24) is 16.0 Å². The third kappa shape index (κ3) is 24.1. The summed E-state index contributed by atoms with van der Waals surface area (Å²) in [4.78, 5) is 53.1. The molecule has 3 amide bonds. The molecule has 2 aromatic carbocycles. The number of nitrogens with zero attached hydrogens (tertiary/aromatic N) is 3. The van der Waals surface area contributed by atoms with Gasteiger partial charge in [0.25, 0.3) is 0 Å². The van der Waals surface area contributed by atoms with Crippen LogP contribution in [0.5, 0.6) is 5.75 Å². The minimum Gasteiger partial charge on any atom is -0.508 e. The topological polar surface area (TPSA) is 174 Å². The molecule has 1 aliphatic heterocycles. The van der Waals surface area contributed by atoms with Crippen LogP contribution in [0, 0.1) is 39.5 Å². The van der Waals surface area contributed by atoms with Crippen LogP contribution < -0.4 is 21.3 Å². The molecule has 2 fully saturated rings. The summed E-state index contributed by atoms with van der Waals surface area (Å²) in [6.07, 6.45) is 23.3. The molecule has 1 aromatic heterocycles. The molecule has 5 N–H and O–H groups in total. The number of hydrogen-bond acceptors (Lipinski definition) is 11. The average Bonchev–Trinajstić information content (AvgIpc) is 3.65. The molecule has 420 valence electrons. The van der Waals surface area contributed by atoms with Gasteiger partial charge in [0.2, 0.25) is 17.7 Å². The Morgan fingerprint density at radius 3 is 2.07 bits per heavy atom. The SMILES string of the molecule is CC.CC/C=C(\CCC(=O)NCCCCCCCCNC=C1CCC1)Nc1c(C)cccc1C=O.CCC(C)/C(C)=N\N=C(/C)[C@H](CC)N=C(c1ccc(O)cc1)c1c(C)sc(C)c1C.CCCC1CCC(=O)NC1=O. The number of carbonyl (C=O) groups is 4. The molecule has 1 aliphatic carbocycles. The third-order valence-corrected chi connectivity index (χ3v) is 15.1. The molecule has 2 heterocycles. The first kappa shape index (κ1) is 66.4. The maximum Gasteiger partial charge on any atom is 0.229 e. The molecule has 1 saturated heterocycles. The van der Waals surface area contributed by atoms with Crippen LogP contribution in [0.2, 0.25) is 0 Å². The lowest BCUT2D eigenvalue weighted by molar-refractivity contribution is -0.136. The number of carbonyl (C=O) groups excluding carboxylic acids is 4. The van der Waals surface area contributed by atoms with E-state index in [1.54, 1.807) is 29.0 Å². The van der Waals surface area contributed by atoms with Gasteiger partial charge < -0.3 is 21.1 Å². The van der Waals surface area contributed by atoms with E-state index in [0.29, 0.717) is 30.7 Å². The standard InChI is InChI=1S/C28H43N3O2.C25H35N3OS.C8H13NO2.C2H6/c1-3-12-26(31-28-23(2)13-10-16-25(28)22-32)17-18-27(33)30-20-9-7-5-4-6-8-19-29-21-24-14-11-15-24;1-9-15(3)17(5)27-28-18(6)23(10-2)26-25(21-11-13-22(29)14-12-21)24-16(4)19(7)30-20(24)8;1-2-3-6-4-5-7(10)9-8(6)11;1-2/h10,12-13,16,21-22,29,31H,3-9,11,14-15,17-20H2,1-2H3,(H,30,33);11-15,23,29H,9-10H2,1-8H3;6H,2-5H2,1H3,(H,9,10,11);1-2H3/b26-12+;26-25?,27-17-,28-18+;;/t;15?,23-;;/m.0../s1. The zero-order chi connectivity index (χ0) is 56.4. The van der Waals surface area contributed by atoms with Crippen LogP contribution in [-0.2, 0) is 14.4 Å². The normalized spacial score (nSPS) is 15.5. The van der Waals surface area contributed by atoms with E-state index in [9.17, 15) is 24.3 Å². The number of para-hydroxylation sites is 1. The largest absolute Gasteiger partial charge is 0.508 e. The van der Waals surface area contributed by atoms with Crippen molar-refractivity contribution in [2.75, 3.05) is 18.4 Å². The van der Waals surface area contributed by atoms with Crippen molar-refractivity contribution >= 4 is 58.2 Å². The number of imide groups is 1. The minimum atomic E-state index is -0.123. The summed E-state index contributed by atoms with van der Waals surface area (Å²) < 4.78 is 0. The van der Waals surface area contributed by atoms with E-state index in [1.165, 1.54) is 72.2 Å². The van der Waals surface area contributed by atoms with Crippen molar-refractivity contribution in [3.63, 3.8) is 0 Å². The quantitative estimate of drug-likeness (QED) is 0.0166. The lowest BCUT2D eigenvalue weighted by atomic mass is 9.94. The van der Waals surface area contributed by atoms with Gasteiger partial charge in [0.05, 0.1) is 23.2 Å². The molecule has 12 nitrogen and oxygen atoms in total. The molecule has 1 saturated carbocycles. The lowest BCUT2D eigenvalue weighted by Gasteiger charge is -2.19. The second-order valence-electron chi connectivity index (χ2n) is 19.9. The summed E-state index contributed by atoms with van der Waals surface area (Å²) in [5.74, 6) is 0.651. The molecule has 13 heteroatoms. The van der Waals surface area contributed by atoms with E-state index in [0.717, 1.165) is 104 Å². The predicted molar refractivity (Wildman–Crippen MR) is 323 cm³/mol. The van der Waals surface area contributed by atoms with Crippen molar-refractivity contribution in [2.45, 2.75) is 212 Å². The van der Waals surface area contributed by atoms with Gasteiger partial charge in [-0.25, -0.2) is 0 Å². The molecule has 2 unspecified atom stereocenters. The summed E-state index contributed by atoms with van der Waals surface area (Å²) in [6, 6.07) is 12.9. The van der Waals surface area contributed by atoms with Crippen molar-refractivity contribution < 1.29 is 24.3 Å². The maximum absolute atomic E-state index is 12.3. The van der Waals surface area contributed by atoms with Crippen LogP contribution in [0.15, 0.2) is 81.2 Å². The molecule has 2 aliphatic rings. The van der Waals surface area contributed by atoms with Gasteiger partial charge in [0.15, 0.2) is 6.29 Å². The molecular weight excluding hydrogens is 967 g/mol. The van der Waals surface area contributed by atoms with Gasteiger partial charge in [-0.1, -0.05) is 104 Å². The van der Waals surface area contributed by atoms with Crippen LogP contribution in [0.3, 0.4) is 0 Å². The maximum atomic E-state index is 12.3. The van der Waals surface area contributed by atoms with Gasteiger partial charge in [-0.3, -0.25) is 29.5 Å². The Bertz CT molecular complexity index is 2390. The third-order valence-electron chi connectivity index (χ3n) is 13.9. The second kappa shape index (κ2) is 38.0. The molecule has 5 rings (SSSR count). The number of unbranched alkanes of at least 4 members (excludes halogenated alkanes) is 5. The van der Waals surface area contributed by atoms with E-state index in [1.807, 2.05) is 71.9 Å². The lowest BCUT2D eigenvalue weighted by Crippen LogP contribution is -2.40. The van der Waals surface area contributed by atoms with E-state index in [-0.39, 0.29) is 35.4 Å². The van der Waals surface area contributed by atoms with Crippen LogP contribution in [-0.4, -0.2) is 65.4 Å². The number of hydrogen-bond donors (Lipinski definition) is 5. The highest BCUT2D eigenvalue weighted by molar-refractivity contribution is 7.12. The van der Waals surface area contributed by atoms with Gasteiger partial charge in [-0.05, 0) is 166 Å². The number of phenolic OH excluding ortho intramolecular Hbond substituents is 1. The molecule has 3 aromatic rings. The zero-order valence-corrected chi connectivity index (χ0v) is 49.8. The molecule has 0 bridgehead atoms. The number of phenols is 1. The first-order valence-corrected chi connectivity index (χ1v) is 29.4. The smallest absolute Gasteiger partial charge is 0.229 e. The van der Waals surface area contributed by atoms with E-state index in [4.69, 9.17) is 4.99 Å². The van der Waals surface area contributed by atoms with Gasteiger partial charge in [0.1, 0.15) is 5.75 Å². The number of anilines is 1. The van der Waals surface area contributed by atoms with Gasteiger partial charge >= 0.3 is 0 Å². The Balaban J connectivity index is 0.000000423. The number of amides is 3. The van der Waals surface area contributed by atoms with Gasteiger partial charge in [-0.2, -0.15) is 10.2 Å². The Morgan fingerprint density at radius 1 is 0.842 bits per heavy atom. The number of aryl methyl sites for hydroxylation is 3. The number of allylic oxidation sites excluding steroid dienone is 3. The molecule has 0 radical (unpaired) electrons. The highest BCUT2D eigenvalue weighted by Gasteiger charge is 2.25. The Morgan fingerprint density at radius 2 is 1.50 bits per heavy atom. The average molecular weight is 1060 g/mol. The number of nitrogens with one attached hydrogen (secondary N) is 4. The van der Waals surface area contributed by atoms with Crippen molar-refractivity contribution in [2.24, 2.45) is 27.0 Å². The van der Waals surface area contributed by atoms with Crippen molar-refractivity contribution in [3.8, 4) is 5.75 Å². The number of piperidine rings is 1. The first-order chi connectivity index (χ1) is 36.6. The fourth-order valence-electron chi connectivity index (χ4n) is 8.61. The highest BCUT2D eigenvalue weighted by atomic mass is 32.1. The van der Waals surface area contributed by atoms with Crippen LogP contribution in [0.25, 0.3) is 0 Å². The van der Waals surface area contributed by atoms with Gasteiger partial charge in [-0.15, -0.1) is 11.3 Å². The van der Waals surface area contributed by atoms with Crippen molar-refractivity contribution in [1.29, 1.82) is 0 Å². The number of thiophene rings is 1. The number of rotatable bonds is 27. The summed E-state index contributed by atoms with van der Waals surface area (Å²) in [6.45, 7) is 28.9. The Labute approximate surface area is 462 Å². The Kier molecular flexibility index (Phi) is 33.2. The Hall–Kier alpha value is -5.69. The predicted octanol–water partition coefficient (Wildman–Crippen LogP) is 15.2. The molecular formula is C63H97N7O5S. The van der Waals surface area contributed by atoms with Gasteiger partial charge in [0, 0.05) is 69.7 Å². The fourth-order valence-corrected chi connectivity index (χ4v) is 9.67.